The van der Waals surface area contributed by atoms with Gasteiger partial charge in [-0.15, -0.1) is 0 Å². The summed E-state index contributed by atoms with van der Waals surface area (Å²) in [6, 6.07) is 9.64. The monoisotopic (exact) mass is 357 g/mol. The van der Waals surface area contributed by atoms with E-state index in [1.807, 2.05) is 18.2 Å². The second kappa shape index (κ2) is 6.57. The highest BCUT2D eigenvalue weighted by Crippen LogP contribution is 2.30. The van der Waals surface area contributed by atoms with Crippen LogP contribution in [0.5, 0.6) is 5.75 Å². The minimum Gasteiger partial charge on any atom is -0.497 e. The molecule has 0 saturated carbocycles. The molecule has 0 fully saturated rings. The molecule has 2 rings (SSSR count). The Morgan fingerprint density at radius 2 is 2.10 bits per heavy atom. The van der Waals surface area contributed by atoms with E-state index in [4.69, 9.17) is 22.1 Å². The van der Waals surface area contributed by atoms with Crippen LogP contribution in [-0.2, 0) is 6.42 Å². The summed E-state index contributed by atoms with van der Waals surface area (Å²) >= 11 is 9.49. The third-order valence-corrected chi connectivity index (χ3v) is 4.17. The molecular weight excluding hydrogens is 345 g/mol. The lowest BCUT2D eigenvalue weighted by Crippen LogP contribution is -2.16. The summed E-state index contributed by atoms with van der Waals surface area (Å²) in [5.41, 5.74) is 7.38. The summed E-state index contributed by atoms with van der Waals surface area (Å²) in [5.74, 6) is 0.346. The van der Waals surface area contributed by atoms with Gasteiger partial charge in [0.2, 0.25) is 0 Å². The summed E-state index contributed by atoms with van der Waals surface area (Å²) in [6.45, 7) is 0. The zero-order chi connectivity index (χ0) is 14.7. The number of benzene rings is 2. The van der Waals surface area contributed by atoms with Gasteiger partial charge in [0.25, 0.3) is 0 Å². The van der Waals surface area contributed by atoms with Gasteiger partial charge in [-0.2, -0.15) is 0 Å². The maximum absolute atomic E-state index is 13.8. The van der Waals surface area contributed by atoms with Crippen LogP contribution in [0.2, 0.25) is 5.02 Å². The van der Waals surface area contributed by atoms with Crippen LogP contribution in [0.1, 0.15) is 17.2 Å². The summed E-state index contributed by atoms with van der Waals surface area (Å²) in [4.78, 5) is 0. The predicted octanol–water partition coefficient (Wildman–Crippen LogP) is 4.49. The molecule has 0 bridgehead atoms. The van der Waals surface area contributed by atoms with Crippen molar-refractivity contribution >= 4 is 27.5 Å². The van der Waals surface area contributed by atoms with Gasteiger partial charge in [-0.25, -0.2) is 4.39 Å². The molecule has 0 aliphatic rings. The number of hydrogen-bond donors (Lipinski definition) is 1. The maximum atomic E-state index is 13.8. The molecule has 0 spiro atoms. The second-order valence-electron chi connectivity index (χ2n) is 4.40. The van der Waals surface area contributed by atoms with Crippen LogP contribution >= 0.6 is 27.5 Å². The van der Waals surface area contributed by atoms with E-state index >= 15 is 0 Å². The highest BCUT2D eigenvalue weighted by Gasteiger charge is 2.17. The number of ether oxygens (including phenoxy) is 1. The van der Waals surface area contributed by atoms with Crippen LogP contribution in [0.15, 0.2) is 40.9 Å². The van der Waals surface area contributed by atoms with Crippen LogP contribution in [0.4, 0.5) is 4.39 Å². The van der Waals surface area contributed by atoms with Crippen molar-refractivity contribution < 1.29 is 9.13 Å². The van der Waals surface area contributed by atoms with Crippen molar-refractivity contribution in [3.05, 3.63) is 62.8 Å². The Balaban J connectivity index is 2.30. The number of methoxy groups -OCH3 is 1. The topological polar surface area (TPSA) is 35.2 Å². The van der Waals surface area contributed by atoms with Crippen molar-refractivity contribution in [3.8, 4) is 5.75 Å². The van der Waals surface area contributed by atoms with E-state index in [1.165, 1.54) is 6.07 Å². The molecular formula is C15H14BrClFNO. The average molecular weight is 359 g/mol. The zero-order valence-electron chi connectivity index (χ0n) is 10.9. The number of hydrogen-bond acceptors (Lipinski definition) is 2. The Bertz CT molecular complexity index is 601. The summed E-state index contributed by atoms with van der Waals surface area (Å²) < 4.78 is 19.9. The molecule has 0 aliphatic heterocycles. The summed E-state index contributed by atoms with van der Waals surface area (Å²) in [7, 11) is 1.60. The van der Waals surface area contributed by atoms with Crippen molar-refractivity contribution in [2.24, 2.45) is 5.73 Å². The average Bonchev–Trinajstić information content (AvgIpc) is 2.41. The lowest BCUT2D eigenvalue weighted by molar-refractivity contribution is 0.414. The number of nitrogens with two attached hydrogens (primary N) is 1. The van der Waals surface area contributed by atoms with Crippen LogP contribution in [0.3, 0.4) is 0 Å². The maximum Gasteiger partial charge on any atom is 0.129 e. The zero-order valence-corrected chi connectivity index (χ0v) is 13.2. The van der Waals surface area contributed by atoms with Gasteiger partial charge < -0.3 is 10.5 Å². The molecule has 0 amide bonds. The first-order valence-electron chi connectivity index (χ1n) is 6.05. The third-order valence-electron chi connectivity index (χ3n) is 3.06. The van der Waals surface area contributed by atoms with Crippen molar-refractivity contribution in [3.63, 3.8) is 0 Å². The van der Waals surface area contributed by atoms with Crippen LogP contribution in [-0.4, -0.2) is 7.11 Å². The molecule has 0 saturated heterocycles. The first-order chi connectivity index (χ1) is 9.52. The fraction of sp³-hybridized carbons (Fsp3) is 0.200. The highest BCUT2D eigenvalue weighted by molar-refractivity contribution is 9.10. The Hall–Kier alpha value is -1.10. The Morgan fingerprint density at radius 1 is 1.35 bits per heavy atom. The molecule has 1 atom stereocenters. The van der Waals surface area contributed by atoms with Crippen LogP contribution < -0.4 is 10.5 Å². The molecule has 20 heavy (non-hydrogen) atoms. The third kappa shape index (κ3) is 3.32. The molecule has 5 heteroatoms. The second-order valence-corrected chi connectivity index (χ2v) is 5.66. The largest absolute Gasteiger partial charge is 0.497 e. The molecule has 2 aromatic carbocycles. The van der Waals surface area contributed by atoms with E-state index in [9.17, 15) is 4.39 Å². The fourth-order valence-corrected chi connectivity index (χ4v) is 2.75. The predicted molar refractivity (Wildman–Crippen MR) is 82.7 cm³/mol. The van der Waals surface area contributed by atoms with Gasteiger partial charge in [-0.05, 0) is 42.3 Å². The van der Waals surface area contributed by atoms with Gasteiger partial charge in [0.15, 0.2) is 0 Å². The van der Waals surface area contributed by atoms with Gasteiger partial charge in [0, 0.05) is 21.1 Å². The highest BCUT2D eigenvalue weighted by atomic mass is 79.9. The van der Waals surface area contributed by atoms with E-state index in [2.05, 4.69) is 15.9 Å². The van der Waals surface area contributed by atoms with E-state index in [-0.39, 0.29) is 5.82 Å². The fourth-order valence-electron chi connectivity index (χ4n) is 2.04. The van der Waals surface area contributed by atoms with Crippen LogP contribution in [0, 0.1) is 5.82 Å². The normalized spacial score (nSPS) is 12.2. The van der Waals surface area contributed by atoms with E-state index in [0.29, 0.717) is 17.0 Å². The van der Waals surface area contributed by atoms with Gasteiger partial charge in [0.1, 0.15) is 11.6 Å². The summed E-state index contributed by atoms with van der Waals surface area (Å²) in [5, 5.41) is 0.344. The van der Waals surface area contributed by atoms with Gasteiger partial charge >= 0.3 is 0 Å². The molecule has 2 aromatic rings. The lowest BCUT2D eigenvalue weighted by Gasteiger charge is -2.16. The summed E-state index contributed by atoms with van der Waals surface area (Å²) in [6.07, 6.45) is 0.457. The Labute approximate surface area is 130 Å². The SMILES string of the molecule is COc1ccc(Br)c(CC(N)c2c(F)cccc2Cl)c1. The first-order valence-corrected chi connectivity index (χ1v) is 7.22. The van der Waals surface area contributed by atoms with E-state index in [1.54, 1.807) is 19.2 Å². The molecule has 106 valence electrons. The van der Waals surface area contributed by atoms with Gasteiger partial charge in [-0.1, -0.05) is 33.6 Å². The quantitative estimate of drug-likeness (QED) is 0.874. The molecule has 0 aromatic heterocycles. The van der Waals surface area contributed by atoms with Crippen molar-refractivity contribution in [1.82, 2.24) is 0 Å². The molecule has 2 N–H and O–H groups in total. The number of halogens is 3. The Morgan fingerprint density at radius 3 is 2.75 bits per heavy atom. The van der Waals surface area contributed by atoms with Crippen molar-refractivity contribution in [1.29, 1.82) is 0 Å². The standard InChI is InChI=1S/C15H14BrClFNO/c1-20-10-5-6-11(16)9(7-10)8-14(19)15-12(17)3-2-4-13(15)18/h2-7,14H,8,19H2,1H3. The van der Waals surface area contributed by atoms with Gasteiger partial charge in [-0.3, -0.25) is 0 Å². The lowest BCUT2D eigenvalue weighted by atomic mass is 9.99. The van der Waals surface area contributed by atoms with E-state index < -0.39 is 6.04 Å². The Kier molecular flexibility index (Phi) is 5.02. The number of rotatable bonds is 4. The van der Waals surface area contributed by atoms with Crippen LogP contribution in [0.25, 0.3) is 0 Å². The minimum absolute atomic E-state index is 0.337. The minimum atomic E-state index is -0.521. The molecule has 0 aliphatic carbocycles. The molecule has 0 heterocycles. The molecule has 0 radical (unpaired) electrons. The first kappa shape index (κ1) is 15.3. The van der Waals surface area contributed by atoms with Crippen molar-refractivity contribution in [2.45, 2.75) is 12.5 Å². The van der Waals surface area contributed by atoms with Gasteiger partial charge in [0.05, 0.1) is 7.11 Å². The smallest absolute Gasteiger partial charge is 0.129 e. The van der Waals surface area contributed by atoms with Crippen molar-refractivity contribution in [2.75, 3.05) is 7.11 Å². The molecule has 2 nitrogen and oxygen atoms in total. The molecule has 1 unspecified atom stereocenters. The van der Waals surface area contributed by atoms with E-state index in [0.717, 1.165) is 15.8 Å².